The molecule has 7 nitrogen and oxygen atoms in total. The third-order valence-electron chi connectivity index (χ3n) is 4.37. The van der Waals surface area contributed by atoms with Crippen LogP contribution in [0.1, 0.15) is 18.2 Å². The van der Waals surface area contributed by atoms with Gasteiger partial charge in [0, 0.05) is 49.5 Å². The number of H-pyrrole nitrogens is 1. The molecular weight excluding hydrogens is 541 g/mol. The lowest BCUT2D eigenvalue weighted by molar-refractivity contribution is -0.141. The van der Waals surface area contributed by atoms with E-state index in [1.165, 1.54) is 12.1 Å². The maximum Gasteiger partial charge on any atom is 0.433 e. The number of fused-ring (bicyclic) bond motifs is 1. The van der Waals surface area contributed by atoms with Crippen molar-refractivity contribution in [1.29, 1.82) is 0 Å². The van der Waals surface area contributed by atoms with Crippen LogP contribution in [0.15, 0.2) is 41.7 Å². The molecule has 0 fully saturated rings. The highest BCUT2D eigenvalue weighted by Crippen LogP contribution is 2.27. The van der Waals surface area contributed by atoms with Crippen LogP contribution in [0, 0.1) is 5.82 Å². The Balaban J connectivity index is 0.00000363. The van der Waals surface area contributed by atoms with Gasteiger partial charge in [0.2, 0.25) is 5.95 Å². The number of aromatic amines is 1. The summed E-state index contributed by atoms with van der Waals surface area (Å²) in [7, 11) is 0. The molecule has 3 aromatic rings. The quantitative estimate of drug-likeness (QED) is 0.109. The Bertz CT molecular complexity index is 1040. The first-order valence-electron chi connectivity index (χ1n) is 9.78. The minimum absolute atomic E-state index is 0. The van der Waals surface area contributed by atoms with Gasteiger partial charge < -0.3 is 20.9 Å². The first kappa shape index (κ1) is 25.6. The maximum atomic E-state index is 13.3. The Morgan fingerprint density at radius 1 is 1.16 bits per heavy atom. The Morgan fingerprint density at radius 3 is 2.72 bits per heavy atom. The van der Waals surface area contributed by atoms with Crippen LogP contribution in [0.3, 0.4) is 0 Å². The van der Waals surface area contributed by atoms with Gasteiger partial charge in [0.05, 0.1) is 0 Å². The van der Waals surface area contributed by atoms with Crippen molar-refractivity contribution in [2.45, 2.75) is 19.5 Å². The van der Waals surface area contributed by atoms with Crippen LogP contribution in [0.5, 0.6) is 0 Å². The number of benzene rings is 1. The number of anilines is 1. The molecular formula is C20H24F4IN7. The molecule has 0 bridgehead atoms. The van der Waals surface area contributed by atoms with Gasteiger partial charge in [-0.2, -0.15) is 13.2 Å². The van der Waals surface area contributed by atoms with Crippen molar-refractivity contribution in [3.8, 4) is 0 Å². The fourth-order valence-corrected chi connectivity index (χ4v) is 2.95. The Kier molecular flexibility index (Phi) is 9.47. The third-order valence-corrected chi connectivity index (χ3v) is 4.37. The number of nitrogens with zero attached hydrogens (tertiary/aromatic N) is 3. The van der Waals surface area contributed by atoms with Gasteiger partial charge in [-0.15, -0.1) is 24.0 Å². The monoisotopic (exact) mass is 565 g/mol. The summed E-state index contributed by atoms with van der Waals surface area (Å²) in [6.07, 6.45) is -0.935. The molecule has 4 N–H and O–H groups in total. The topological polar surface area (TPSA) is 90.0 Å². The highest BCUT2D eigenvalue weighted by atomic mass is 127. The largest absolute Gasteiger partial charge is 0.433 e. The Labute approximate surface area is 199 Å². The van der Waals surface area contributed by atoms with Gasteiger partial charge in [0.1, 0.15) is 11.5 Å². The van der Waals surface area contributed by atoms with E-state index in [4.69, 9.17) is 0 Å². The van der Waals surface area contributed by atoms with E-state index in [2.05, 4.69) is 35.9 Å². The number of aliphatic imine (C=N–C) groups is 1. The molecule has 0 amide bonds. The zero-order chi connectivity index (χ0) is 22.3. The number of guanidine groups is 1. The van der Waals surface area contributed by atoms with Crippen LogP contribution in [0.4, 0.5) is 23.5 Å². The summed E-state index contributed by atoms with van der Waals surface area (Å²) >= 11 is 0. The summed E-state index contributed by atoms with van der Waals surface area (Å²) in [6.45, 7) is 3.80. The molecule has 0 spiro atoms. The molecule has 174 valence electrons. The molecule has 0 aliphatic carbocycles. The number of rotatable bonds is 8. The van der Waals surface area contributed by atoms with Crippen LogP contribution in [-0.2, 0) is 12.6 Å². The summed E-state index contributed by atoms with van der Waals surface area (Å²) < 4.78 is 51.4. The van der Waals surface area contributed by atoms with E-state index < -0.39 is 11.9 Å². The van der Waals surface area contributed by atoms with Gasteiger partial charge in [-0.25, -0.2) is 14.4 Å². The smallest absolute Gasteiger partial charge is 0.361 e. The Morgan fingerprint density at radius 2 is 1.97 bits per heavy atom. The molecule has 32 heavy (non-hydrogen) atoms. The molecule has 1 aromatic carbocycles. The molecule has 0 unspecified atom stereocenters. The lowest BCUT2D eigenvalue weighted by Gasteiger charge is -2.12. The molecule has 0 atom stereocenters. The van der Waals surface area contributed by atoms with Gasteiger partial charge in [0.25, 0.3) is 0 Å². The average molecular weight is 565 g/mol. The molecule has 0 aliphatic rings. The first-order chi connectivity index (χ1) is 14.9. The summed E-state index contributed by atoms with van der Waals surface area (Å²) in [4.78, 5) is 14.8. The normalized spacial score (nSPS) is 11.8. The van der Waals surface area contributed by atoms with Gasteiger partial charge >= 0.3 is 6.18 Å². The predicted molar refractivity (Wildman–Crippen MR) is 127 cm³/mol. The third kappa shape index (κ3) is 7.21. The van der Waals surface area contributed by atoms with Crippen molar-refractivity contribution in [3.63, 3.8) is 0 Å². The number of alkyl halides is 3. The fraction of sp³-hybridized carbons (Fsp3) is 0.350. The second kappa shape index (κ2) is 11.8. The van der Waals surface area contributed by atoms with Gasteiger partial charge in [0.15, 0.2) is 5.96 Å². The predicted octanol–water partition coefficient (Wildman–Crippen LogP) is 3.94. The standard InChI is InChI=1S/C20H23F4N7.HI/c1-2-25-18(26-7-5-13-12-30-16-11-14(21)3-4-15(13)16)28-9-10-29-19-27-8-6-17(31-19)20(22,23)24;/h3-4,6,8,11-12,30H,2,5,7,9-10H2,1H3,(H2,25,26,28)(H,27,29,31);1H. The summed E-state index contributed by atoms with van der Waals surface area (Å²) in [5.41, 5.74) is 0.790. The van der Waals surface area contributed by atoms with Crippen molar-refractivity contribution in [1.82, 2.24) is 25.6 Å². The number of halogens is 5. The lowest BCUT2D eigenvalue weighted by atomic mass is 10.1. The molecule has 0 saturated carbocycles. The molecule has 12 heteroatoms. The van der Waals surface area contributed by atoms with E-state index in [9.17, 15) is 17.6 Å². The van der Waals surface area contributed by atoms with Crippen LogP contribution in [0.2, 0.25) is 0 Å². The minimum Gasteiger partial charge on any atom is -0.361 e. The zero-order valence-electron chi connectivity index (χ0n) is 17.3. The van der Waals surface area contributed by atoms with Crippen LogP contribution < -0.4 is 16.0 Å². The molecule has 0 saturated heterocycles. The number of nitrogens with one attached hydrogen (secondary N) is 4. The van der Waals surface area contributed by atoms with Crippen LogP contribution >= 0.6 is 24.0 Å². The van der Waals surface area contributed by atoms with E-state index in [1.807, 2.05) is 13.1 Å². The summed E-state index contributed by atoms with van der Waals surface area (Å²) in [5, 5.41) is 9.92. The van der Waals surface area contributed by atoms with Crippen molar-refractivity contribution < 1.29 is 17.6 Å². The van der Waals surface area contributed by atoms with Gasteiger partial charge in [-0.05, 0) is 43.2 Å². The second-order valence-electron chi connectivity index (χ2n) is 6.63. The minimum atomic E-state index is -4.51. The highest BCUT2D eigenvalue weighted by Gasteiger charge is 2.32. The van der Waals surface area contributed by atoms with E-state index in [-0.39, 0.29) is 35.7 Å². The van der Waals surface area contributed by atoms with Crippen molar-refractivity contribution in [2.24, 2.45) is 4.99 Å². The fourth-order valence-electron chi connectivity index (χ4n) is 2.95. The summed E-state index contributed by atoms with van der Waals surface area (Å²) in [5.74, 6) is 0.205. The molecule has 0 aliphatic heterocycles. The second-order valence-corrected chi connectivity index (χ2v) is 6.63. The molecule has 2 aromatic heterocycles. The van der Waals surface area contributed by atoms with Gasteiger partial charge in [-0.3, -0.25) is 4.99 Å². The number of hydrogen-bond donors (Lipinski definition) is 4. The van der Waals surface area contributed by atoms with E-state index in [0.29, 0.717) is 38.6 Å². The SMILES string of the molecule is CCNC(=NCCc1c[nH]c2cc(F)ccc12)NCCNc1nccc(C(F)(F)F)n1.I. The maximum absolute atomic E-state index is 13.3. The van der Waals surface area contributed by atoms with Crippen molar-refractivity contribution in [2.75, 3.05) is 31.5 Å². The van der Waals surface area contributed by atoms with E-state index in [1.54, 1.807) is 6.07 Å². The van der Waals surface area contributed by atoms with E-state index in [0.717, 1.165) is 28.7 Å². The summed E-state index contributed by atoms with van der Waals surface area (Å²) in [6, 6.07) is 5.44. The zero-order valence-corrected chi connectivity index (χ0v) is 19.6. The number of aromatic nitrogens is 3. The van der Waals surface area contributed by atoms with Crippen molar-refractivity contribution >= 4 is 46.8 Å². The number of hydrogen-bond acceptors (Lipinski definition) is 4. The molecule has 2 heterocycles. The van der Waals surface area contributed by atoms with Crippen LogP contribution in [-0.4, -0.2) is 47.1 Å². The first-order valence-corrected chi connectivity index (χ1v) is 9.78. The average Bonchev–Trinajstić information content (AvgIpc) is 3.12. The highest BCUT2D eigenvalue weighted by molar-refractivity contribution is 14.0. The lowest BCUT2D eigenvalue weighted by Crippen LogP contribution is -2.39. The Hall–Kier alpha value is -2.64. The van der Waals surface area contributed by atoms with E-state index >= 15 is 0 Å². The molecule has 0 radical (unpaired) electrons. The van der Waals surface area contributed by atoms with Crippen LogP contribution in [0.25, 0.3) is 10.9 Å². The van der Waals surface area contributed by atoms with Gasteiger partial charge in [-0.1, -0.05) is 0 Å². The van der Waals surface area contributed by atoms with Crippen molar-refractivity contribution in [3.05, 3.63) is 53.7 Å². The molecule has 3 rings (SSSR count).